The monoisotopic (exact) mass is 250 g/mol. The molecule has 0 aliphatic rings. The van der Waals surface area contributed by atoms with Crippen LogP contribution < -0.4 is 10.2 Å². The van der Waals surface area contributed by atoms with Gasteiger partial charge in [0.15, 0.2) is 0 Å². The fourth-order valence-electron chi connectivity index (χ4n) is 2.07. The SMILES string of the molecule is Cc1ccccc1N(C)CC(C)(O)CNC(C)C. The smallest absolute Gasteiger partial charge is 0.0917 e. The van der Waals surface area contributed by atoms with E-state index in [-0.39, 0.29) is 0 Å². The first-order valence-corrected chi connectivity index (χ1v) is 6.54. The zero-order valence-corrected chi connectivity index (χ0v) is 12.2. The third-order valence-electron chi connectivity index (χ3n) is 3.00. The van der Waals surface area contributed by atoms with Crippen molar-refractivity contribution in [3.63, 3.8) is 0 Å². The molecule has 0 aliphatic heterocycles. The number of rotatable bonds is 6. The van der Waals surface area contributed by atoms with Crippen molar-refractivity contribution in [2.75, 3.05) is 25.0 Å². The van der Waals surface area contributed by atoms with Crippen LogP contribution in [0.15, 0.2) is 24.3 Å². The summed E-state index contributed by atoms with van der Waals surface area (Å²) in [7, 11) is 2.02. The van der Waals surface area contributed by atoms with Gasteiger partial charge in [0.2, 0.25) is 0 Å². The molecule has 0 saturated carbocycles. The van der Waals surface area contributed by atoms with Gasteiger partial charge in [0.25, 0.3) is 0 Å². The maximum atomic E-state index is 10.4. The lowest BCUT2D eigenvalue weighted by atomic mass is 10.1. The molecule has 1 atom stereocenters. The van der Waals surface area contributed by atoms with E-state index in [9.17, 15) is 5.11 Å². The summed E-state index contributed by atoms with van der Waals surface area (Å²) in [5, 5.41) is 13.7. The highest BCUT2D eigenvalue weighted by atomic mass is 16.3. The minimum absolute atomic E-state index is 0.389. The van der Waals surface area contributed by atoms with Crippen molar-refractivity contribution in [2.24, 2.45) is 0 Å². The largest absolute Gasteiger partial charge is 0.387 e. The molecule has 0 radical (unpaired) electrons. The number of aliphatic hydroxyl groups is 1. The molecule has 2 N–H and O–H groups in total. The van der Waals surface area contributed by atoms with Crippen LogP contribution in [0.1, 0.15) is 26.3 Å². The molecule has 18 heavy (non-hydrogen) atoms. The molecule has 1 aromatic rings. The van der Waals surface area contributed by atoms with Crippen molar-refractivity contribution >= 4 is 5.69 Å². The van der Waals surface area contributed by atoms with E-state index in [1.807, 2.05) is 26.1 Å². The number of hydrogen-bond donors (Lipinski definition) is 2. The number of para-hydroxylation sites is 1. The molecular weight excluding hydrogens is 224 g/mol. The third kappa shape index (κ3) is 4.67. The van der Waals surface area contributed by atoms with E-state index in [0.29, 0.717) is 19.1 Å². The summed E-state index contributed by atoms with van der Waals surface area (Å²) in [5.74, 6) is 0. The van der Waals surface area contributed by atoms with Gasteiger partial charge in [0.1, 0.15) is 0 Å². The first kappa shape index (κ1) is 15.0. The number of nitrogens with zero attached hydrogens (tertiary/aromatic N) is 1. The lowest BCUT2D eigenvalue weighted by molar-refractivity contribution is 0.0656. The van der Waals surface area contributed by atoms with E-state index in [4.69, 9.17) is 0 Å². The predicted molar refractivity (Wildman–Crippen MR) is 78.2 cm³/mol. The number of anilines is 1. The molecule has 0 spiro atoms. The molecule has 0 saturated heterocycles. The number of nitrogens with one attached hydrogen (secondary N) is 1. The highest BCUT2D eigenvalue weighted by Crippen LogP contribution is 2.19. The average molecular weight is 250 g/mol. The van der Waals surface area contributed by atoms with Crippen LogP contribution in [0.5, 0.6) is 0 Å². The van der Waals surface area contributed by atoms with Gasteiger partial charge in [-0.15, -0.1) is 0 Å². The van der Waals surface area contributed by atoms with E-state index in [1.165, 1.54) is 11.3 Å². The second kappa shape index (κ2) is 6.21. The summed E-state index contributed by atoms with van der Waals surface area (Å²) >= 11 is 0. The van der Waals surface area contributed by atoms with Crippen LogP contribution in [0, 0.1) is 6.92 Å². The average Bonchev–Trinajstić information content (AvgIpc) is 2.26. The molecule has 0 aliphatic carbocycles. The van der Waals surface area contributed by atoms with Crippen LogP contribution in [0.25, 0.3) is 0 Å². The minimum atomic E-state index is -0.735. The van der Waals surface area contributed by atoms with Gasteiger partial charge in [-0.2, -0.15) is 0 Å². The first-order valence-electron chi connectivity index (χ1n) is 6.54. The van der Waals surface area contributed by atoms with Gasteiger partial charge < -0.3 is 15.3 Å². The Kier molecular flexibility index (Phi) is 5.17. The molecular formula is C15H26N2O. The van der Waals surface area contributed by atoms with E-state index in [2.05, 4.69) is 43.1 Å². The normalized spacial score (nSPS) is 14.6. The Hall–Kier alpha value is -1.06. The Bertz CT molecular complexity index is 375. The Labute approximate surface area is 111 Å². The van der Waals surface area contributed by atoms with Gasteiger partial charge in [-0.05, 0) is 25.5 Å². The molecule has 1 rings (SSSR count). The summed E-state index contributed by atoms with van der Waals surface area (Å²) < 4.78 is 0. The molecule has 3 nitrogen and oxygen atoms in total. The lowest BCUT2D eigenvalue weighted by Crippen LogP contribution is -2.48. The number of aryl methyl sites for hydroxylation is 1. The predicted octanol–water partition coefficient (Wildman–Crippen LogP) is 2.18. The second-order valence-electron chi connectivity index (χ2n) is 5.68. The molecule has 0 heterocycles. The fourth-order valence-corrected chi connectivity index (χ4v) is 2.07. The van der Waals surface area contributed by atoms with Crippen molar-refractivity contribution in [3.8, 4) is 0 Å². The molecule has 0 amide bonds. The zero-order valence-electron chi connectivity index (χ0n) is 12.2. The Morgan fingerprint density at radius 3 is 2.50 bits per heavy atom. The summed E-state index contributed by atoms with van der Waals surface area (Å²) in [6.45, 7) is 9.34. The Balaban J connectivity index is 2.63. The lowest BCUT2D eigenvalue weighted by Gasteiger charge is -2.32. The molecule has 102 valence electrons. The first-order chi connectivity index (χ1) is 8.32. The number of hydrogen-bond acceptors (Lipinski definition) is 3. The van der Waals surface area contributed by atoms with Crippen molar-refractivity contribution < 1.29 is 5.11 Å². The fraction of sp³-hybridized carbons (Fsp3) is 0.600. The summed E-state index contributed by atoms with van der Waals surface area (Å²) in [5.41, 5.74) is 1.66. The maximum absolute atomic E-state index is 10.4. The van der Waals surface area contributed by atoms with Gasteiger partial charge in [0.05, 0.1) is 5.60 Å². The minimum Gasteiger partial charge on any atom is -0.387 e. The Morgan fingerprint density at radius 1 is 1.33 bits per heavy atom. The van der Waals surface area contributed by atoms with Gasteiger partial charge in [-0.1, -0.05) is 32.0 Å². The van der Waals surface area contributed by atoms with Crippen molar-refractivity contribution in [1.82, 2.24) is 5.32 Å². The van der Waals surface area contributed by atoms with Crippen LogP contribution in [-0.4, -0.2) is 36.9 Å². The van der Waals surface area contributed by atoms with E-state index in [0.717, 1.165) is 0 Å². The molecule has 0 fully saturated rings. The van der Waals surface area contributed by atoms with Crippen LogP contribution in [-0.2, 0) is 0 Å². The van der Waals surface area contributed by atoms with Crippen LogP contribution >= 0.6 is 0 Å². The Morgan fingerprint density at radius 2 is 1.94 bits per heavy atom. The van der Waals surface area contributed by atoms with Gasteiger partial charge in [-0.3, -0.25) is 0 Å². The third-order valence-corrected chi connectivity index (χ3v) is 3.00. The van der Waals surface area contributed by atoms with Crippen LogP contribution in [0.3, 0.4) is 0 Å². The number of likely N-dealkylation sites (N-methyl/N-ethyl adjacent to an activating group) is 1. The molecule has 0 bridgehead atoms. The summed E-state index contributed by atoms with van der Waals surface area (Å²) in [4.78, 5) is 2.11. The van der Waals surface area contributed by atoms with Crippen LogP contribution in [0.4, 0.5) is 5.69 Å². The number of benzene rings is 1. The molecule has 3 heteroatoms. The van der Waals surface area contributed by atoms with Gasteiger partial charge in [0, 0.05) is 31.9 Å². The van der Waals surface area contributed by atoms with Crippen LogP contribution in [0.2, 0.25) is 0 Å². The standard InChI is InChI=1S/C15H26N2O/c1-12(2)16-10-15(4,18)11-17(5)14-9-7-6-8-13(14)3/h6-9,12,16,18H,10-11H2,1-5H3. The highest BCUT2D eigenvalue weighted by molar-refractivity contribution is 5.52. The topological polar surface area (TPSA) is 35.5 Å². The van der Waals surface area contributed by atoms with Gasteiger partial charge >= 0.3 is 0 Å². The van der Waals surface area contributed by atoms with E-state index in [1.54, 1.807) is 0 Å². The molecule has 1 unspecified atom stereocenters. The summed E-state index contributed by atoms with van der Waals surface area (Å²) in [6, 6.07) is 8.62. The van der Waals surface area contributed by atoms with Crippen molar-refractivity contribution in [3.05, 3.63) is 29.8 Å². The zero-order chi connectivity index (χ0) is 13.8. The van der Waals surface area contributed by atoms with Crippen molar-refractivity contribution in [1.29, 1.82) is 0 Å². The van der Waals surface area contributed by atoms with Gasteiger partial charge in [-0.25, -0.2) is 0 Å². The highest BCUT2D eigenvalue weighted by Gasteiger charge is 2.23. The van der Waals surface area contributed by atoms with Crippen molar-refractivity contribution in [2.45, 2.75) is 39.3 Å². The molecule has 1 aromatic carbocycles. The molecule has 0 aromatic heterocycles. The summed E-state index contributed by atoms with van der Waals surface area (Å²) in [6.07, 6.45) is 0. The quantitative estimate of drug-likeness (QED) is 0.812. The van der Waals surface area contributed by atoms with E-state index < -0.39 is 5.60 Å². The maximum Gasteiger partial charge on any atom is 0.0917 e. The second-order valence-corrected chi connectivity index (χ2v) is 5.68. The van der Waals surface area contributed by atoms with E-state index >= 15 is 0 Å².